The maximum atomic E-state index is 13.0. The lowest BCUT2D eigenvalue weighted by molar-refractivity contribution is -0.121. The molecule has 0 radical (unpaired) electrons. The monoisotopic (exact) mass is 1120 g/mol. The molecule has 4 heterocycles. The number of carbonyl (C=O) groups excluding carboxylic acids is 10. The van der Waals surface area contributed by atoms with Gasteiger partial charge >= 0.3 is 17.9 Å². The normalized spacial score (nSPS) is 14.6. The van der Waals surface area contributed by atoms with E-state index in [-0.39, 0.29) is 84.1 Å². The number of alkyl halides is 4. The lowest BCUT2D eigenvalue weighted by Gasteiger charge is -2.16. The molecule has 402 valence electrons. The number of carboxylic acid groups (broad SMARTS) is 1. The smallest absolute Gasteiger partial charge is 0.347 e. The predicted octanol–water partition coefficient (Wildman–Crippen LogP) is 0.273. The first-order valence-electron chi connectivity index (χ1n) is 20.0. The fraction of sp³-hybridized carbons (Fsp3) is 0.167. The minimum absolute atomic E-state index is 0.0156. The molecular formula is C42H29F4N3O25S2. The van der Waals surface area contributed by atoms with Crippen LogP contribution in [-0.4, -0.2) is 161 Å². The van der Waals surface area contributed by atoms with Gasteiger partial charge in [0.1, 0.15) is 36.2 Å². The van der Waals surface area contributed by atoms with Crippen LogP contribution >= 0.6 is 0 Å². The molecule has 4 aliphatic heterocycles. The summed E-state index contributed by atoms with van der Waals surface area (Å²) in [6.45, 7) is -3.49. The number of hydrogen-bond donors (Lipinski definition) is 5. The van der Waals surface area contributed by atoms with Gasteiger partial charge in [0, 0.05) is 0 Å². The number of ether oxygens (including phenoxy) is 3. The van der Waals surface area contributed by atoms with Gasteiger partial charge in [-0.05, 0) is 72.3 Å². The molecule has 0 aromatic heterocycles. The number of aliphatic hydroxyl groups excluding tert-OH is 3. The number of aliphatic hydroxyl groups is 3. The Morgan fingerprint density at radius 2 is 0.921 bits per heavy atom. The Morgan fingerprint density at radius 1 is 0.539 bits per heavy atom. The van der Waals surface area contributed by atoms with Crippen molar-refractivity contribution in [1.29, 1.82) is 0 Å². The van der Waals surface area contributed by atoms with E-state index < -0.39 is 122 Å². The zero-order valence-electron chi connectivity index (χ0n) is 37.2. The van der Waals surface area contributed by atoms with Gasteiger partial charge in [-0.2, -0.15) is 16.8 Å². The SMILES string of the molecule is O=C(O)c1ccc2c(c1)C(=O)N(OS(=O)(=O)CC(F)(F)CO)C2=O.O=C1c2ccc(CO)cc2C(=O)N1OS(=O)(=O)CC(F)(F)CO.O=COc1ccc2c(c1)C(=O)N(O)C2=O.O=COc1ccc2c(c1)C(=O)OC2=O. The van der Waals surface area contributed by atoms with Crippen molar-refractivity contribution in [3.05, 3.63) is 128 Å². The molecule has 4 aliphatic rings. The van der Waals surface area contributed by atoms with Crippen molar-refractivity contribution >= 4 is 86.5 Å². The highest BCUT2D eigenvalue weighted by Gasteiger charge is 2.45. The first-order chi connectivity index (χ1) is 35.4. The first kappa shape index (κ1) is 58.1. The summed E-state index contributed by atoms with van der Waals surface area (Å²) in [5, 5.41) is 43.2. The summed E-state index contributed by atoms with van der Waals surface area (Å²) in [6, 6.07) is 14.4. The molecule has 0 aliphatic carbocycles. The molecule has 0 saturated carbocycles. The van der Waals surface area contributed by atoms with Crippen molar-refractivity contribution in [3.63, 3.8) is 0 Å². The molecule has 6 amide bonds. The number of carbonyl (C=O) groups is 11. The standard InChI is InChI=1S/C12H9F2NO8S.C12H11F2NO7S.C9H5NO5.C9H4O5/c13-12(14,4-16)5-24(21,22)23-15-9(17)7-2-1-6(11(19)20)3-8(7)10(15)18;13-12(14,5-17)6-23(20,21)22-15-10(18)8-2-1-7(4-16)3-9(8)11(15)19;11-4-15-5-1-2-6-7(3-5)9(13)10(14)8(6)12;10-4-13-5-1-2-6-7(3-5)9(12)14-8(6)11/h1-3,16H,4-5H2,(H,19,20);1-3,16-17H,4-6H2;1-4,14H;1-4H. The topological polar surface area (TPSA) is 413 Å². The van der Waals surface area contributed by atoms with E-state index in [4.69, 9.17) is 25.6 Å². The number of imide groups is 3. The third-order valence-electron chi connectivity index (χ3n) is 9.63. The zero-order valence-corrected chi connectivity index (χ0v) is 38.8. The number of amides is 6. The molecule has 34 heteroatoms. The van der Waals surface area contributed by atoms with Crippen molar-refractivity contribution in [1.82, 2.24) is 15.2 Å². The molecule has 4 aromatic carbocycles. The zero-order chi connectivity index (χ0) is 56.8. The third-order valence-corrected chi connectivity index (χ3v) is 11.9. The van der Waals surface area contributed by atoms with Gasteiger partial charge in [0.05, 0.1) is 56.7 Å². The number of nitrogens with zero attached hydrogens (tertiary/aromatic N) is 3. The minimum atomic E-state index is -5.09. The molecule has 0 bridgehead atoms. The van der Waals surface area contributed by atoms with Crippen LogP contribution in [0.15, 0.2) is 72.8 Å². The van der Waals surface area contributed by atoms with E-state index in [0.29, 0.717) is 5.56 Å². The van der Waals surface area contributed by atoms with Crippen LogP contribution in [0, 0.1) is 0 Å². The number of rotatable bonds is 16. The average Bonchev–Trinajstić information content (AvgIpc) is 3.95. The Balaban J connectivity index is 0.000000192. The Kier molecular flexibility index (Phi) is 17.4. The quantitative estimate of drug-likeness (QED) is 0.0251. The Bertz CT molecular complexity index is 3370. The van der Waals surface area contributed by atoms with Gasteiger partial charge in [0.2, 0.25) is 0 Å². The maximum Gasteiger partial charge on any atom is 0.347 e. The molecular weight excluding hydrogens is 1090 g/mol. The number of cyclic esters (lactones) is 2. The fourth-order valence-electron chi connectivity index (χ4n) is 6.27. The highest BCUT2D eigenvalue weighted by molar-refractivity contribution is 7.87. The van der Waals surface area contributed by atoms with E-state index in [1.165, 1.54) is 48.5 Å². The first-order valence-corrected chi connectivity index (χ1v) is 23.1. The van der Waals surface area contributed by atoms with Gasteiger partial charge in [-0.25, -0.2) is 31.9 Å². The molecule has 28 nitrogen and oxygen atoms in total. The number of hydroxylamine groups is 6. The van der Waals surface area contributed by atoms with E-state index in [9.17, 15) is 87.1 Å². The van der Waals surface area contributed by atoms with Crippen molar-refractivity contribution < 1.29 is 136 Å². The summed E-state index contributed by atoms with van der Waals surface area (Å²) in [7, 11) is -10.1. The predicted molar refractivity (Wildman–Crippen MR) is 229 cm³/mol. The van der Waals surface area contributed by atoms with Crippen LogP contribution in [0.4, 0.5) is 17.6 Å². The van der Waals surface area contributed by atoms with Crippen LogP contribution in [0.1, 0.15) is 98.8 Å². The van der Waals surface area contributed by atoms with Crippen molar-refractivity contribution in [2.24, 2.45) is 0 Å². The lowest BCUT2D eigenvalue weighted by Crippen LogP contribution is -2.38. The van der Waals surface area contributed by atoms with Crippen molar-refractivity contribution in [3.8, 4) is 11.5 Å². The van der Waals surface area contributed by atoms with Crippen LogP contribution < -0.4 is 9.47 Å². The summed E-state index contributed by atoms with van der Waals surface area (Å²) in [5.41, 5.74) is -0.821. The molecule has 0 atom stereocenters. The van der Waals surface area contributed by atoms with E-state index in [2.05, 4.69) is 22.8 Å². The second-order valence-corrected chi connectivity index (χ2v) is 18.0. The minimum Gasteiger partial charge on any atom is -0.478 e. The van der Waals surface area contributed by atoms with Gasteiger partial charge < -0.3 is 34.6 Å². The Hall–Kier alpha value is -8.77. The van der Waals surface area contributed by atoms with E-state index in [1.54, 1.807) is 0 Å². The molecule has 8 rings (SSSR count). The summed E-state index contributed by atoms with van der Waals surface area (Å²) in [6.07, 6.45) is 0. The molecule has 4 aromatic rings. The number of carboxylic acids is 1. The largest absolute Gasteiger partial charge is 0.478 e. The number of hydrogen-bond acceptors (Lipinski definition) is 24. The van der Waals surface area contributed by atoms with Gasteiger partial charge in [-0.1, -0.05) is 6.07 Å². The second kappa shape index (κ2) is 22.8. The molecule has 0 fully saturated rings. The van der Waals surface area contributed by atoms with Gasteiger partial charge in [-0.15, -0.1) is 23.8 Å². The molecule has 76 heavy (non-hydrogen) atoms. The van der Waals surface area contributed by atoms with Crippen LogP contribution in [-0.2, 0) is 49.7 Å². The Morgan fingerprint density at radius 3 is 1.38 bits per heavy atom. The number of aromatic carboxylic acids is 1. The van der Waals surface area contributed by atoms with Gasteiger partial charge in [0.15, 0.2) is 0 Å². The summed E-state index contributed by atoms with van der Waals surface area (Å²) in [4.78, 5) is 123. The molecule has 0 saturated heterocycles. The number of fused-ring (bicyclic) bond motifs is 4. The van der Waals surface area contributed by atoms with E-state index in [0.717, 1.165) is 24.3 Å². The highest BCUT2D eigenvalue weighted by Crippen LogP contribution is 2.30. The molecule has 0 unspecified atom stereocenters. The maximum absolute atomic E-state index is 13.0. The molecule has 5 N–H and O–H groups in total. The molecule has 0 spiro atoms. The highest BCUT2D eigenvalue weighted by atomic mass is 32.2. The van der Waals surface area contributed by atoms with Gasteiger partial charge in [-0.3, -0.25) is 43.6 Å². The van der Waals surface area contributed by atoms with Crippen LogP contribution in [0.5, 0.6) is 11.5 Å². The summed E-state index contributed by atoms with van der Waals surface area (Å²) in [5.74, 6) is -20.8. The van der Waals surface area contributed by atoms with Crippen molar-refractivity contribution in [2.45, 2.75) is 18.5 Å². The van der Waals surface area contributed by atoms with E-state index in [1.807, 2.05) is 0 Å². The summed E-state index contributed by atoms with van der Waals surface area (Å²) < 4.78 is 120. The second-order valence-electron chi connectivity index (χ2n) is 14.9. The number of benzene rings is 4. The van der Waals surface area contributed by atoms with Crippen molar-refractivity contribution in [2.75, 3.05) is 24.7 Å². The van der Waals surface area contributed by atoms with Crippen LogP contribution in [0.2, 0.25) is 0 Å². The third kappa shape index (κ3) is 13.1. The average molecular weight is 1120 g/mol. The van der Waals surface area contributed by atoms with Crippen LogP contribution in [0.3, 0.4) is 0 Å². The summed E-state index contributed by atoms with van der Waals surface area (Å²) >= 11 is 0. The number of halogens is 4. The van der Waals surface area contributed by atoms with Gasteiger partial charge in [0.25, 0.3) is 80.5 Å². The fourth-order valence-corrected chi connectivity index (χ4v) is 8.32. The van der Waals surface area contributed by atoms with Crippen LogP contribution in [0.25, 0.3) is 0 Å². The number of esters is 2. The van der Waals surface area contributed by atoms with E-state index >= 15 is 0 Å². The Labute approximate surface area is 419 Å². The lowest BCUT2D eigenvalue weighted by atomic mass is 10.1.